The summed E-state index contributed by atoms with van der Waals surface area (Å²) in [6.45, 7) is 0. The van der Waals surface area contributed by atoms with E-state index in [4.69, 9.17) is 10.2 Å². The number of rotatable bonds is 1. The molecule has 2 N–H and O–H groups in total. The first-order valence-electron chi connectivity index (χ1n) is 2.37. The van der Waals surface area contributed by atoms with Crippen LogP contribution in [0.4, 0.5) is 4.79 Å². The average molecular weight is 160 g/mol. The van der Waals surface area contributed by atoms with Crippen LogP contribution in [-0.2, 0) is 0 Å². The number of thiophene rings is 1. The summed E-state index contributed by atoms with van der Waals surface area (Å²) in [6, 6.07) is 1.23. The van der Waals surface area contributed by atoms with Gasteiger partial charge in [-0.25, -0.2) is 4.79 Å². The molecule has 0 aliphatic carbocycles. The molecule has 0 atom stereocenters. The highest BCUT2D eigenvalue weighted by Gasteiger charge is 2.02. The zero-order chi connectivity index (χ0) is 7.56. The predicted molar refractivity (Wildman–Crippen MR) is 34.6 cm³/mol. The van der Waals surface area contributed by atoms with E-state index in [0.29, 0.717) is 0 Å². The molecule has 0 fully saturated rings. The van der Waals surface area contributed by atoms with Gasteiger partial charge in [0.2, 0.25) is 0 Å². The van der Waals surface area contributed by atoms with Crippen LogP contribution in [0.2, 0.25) is 0 Å². The molecule has 4 nitrogen and oxygen atoms in total. The lowest BCUT2D eigenvalue weighted by atomic mass is 10.6. The summed E-state index contributed by atoms with van der Waals surface area (Å²) in [7, 11) is 0. The monoisotopic (exact) mass is 160 g/mol. The van der Waals surface area contributed by atoms with Crippen LogP contribution in [0.15, 0.2) is 11.4 Å². The minimum Gasteiger partial charge on any atom is -0.507 e. The lowest BCUT2D eigenvalue weighted by Gasteiger charge is -1.89. The summed E-state index contributed by atoms with van der Waals surface area (Å²) in [6.07, 6.45) is -1.37. The summed E-state index contributed by atoms with van der Waals surface area (Å²) >= 11 is 1.02. The number of carboxylic acid groups (broad SMARTS) is 1. The summed E-state index contributed by atoms with van der Waals surface area (Å²) in [5.41, 5.74) is 0. The highest BCUT2D eigenvalue weighted by molar-refractivity contribution is 7.12. The van der Waals surface area contributed by atoms with E-state index in [2.05, 4.69) is 4.74 Å². The maximum atomic E-state index is 9.88. The molecule has 1 heterocycles. The van der Waals surface area contributed by atoms with Gasteiger partial charge in [-0.2, -0.15) is 0 Å². The molecule has 0 radical (unpaired) electrons. The van der Waals surface area contributed by atoms with Crippen molar-refractivity contribution in [3.63, 3.8) is 0 Å². The van der Waals surface area contributed by atoms with Crippen molar-refractivity contribution in [2.75, 3.05) is 0 Å². The second-order valence-electron chi connectivity index (χ2n) is 1.49. The number of ether oxygens (including phenoxy) is 1. The summed E-state index contributed by atoms with van der Waals surface area (Å²) in [5.74, 6) is 0.0150. The van der Waals surface area contributed by atoms with Crippen LogP contribution in [0.25, 0.3) is 0 Å². The quantitative estimate of drug-likeness (QED) is 0.611. The number of hydrogen-bond donors (Lipinski definition) is 2. The number of carbonyl (C=O) groups is 1. The molecular formula is C5H4O4S. The zero-order valence-electron chi connectivity index (χ0n) is 4.77. The van der Waals surface area contributed by atoms with Crippen LogP contribution in [0.3, 0.4) is 0 Å². The van der Waals surface area contributed by atoms with E-state index in [1.165, 1.54) is 11.4 Å². The number of aromatic hydroxyl groups is 1. The standard InChI is InChI=1S/C5H4O4S/c6-3-1-4(10-2-3)9-5(7)8/h1-2,6H,(H,7,8). The van der Waals surface area contributed by atoms with E-state index < -0.39 is 6.16 Å². The number of hydrogen-bond acceptors (Lipinski definition) is 4. The Bertz CT molecular complexity index is 242. The highest BCUT2D eigenvalue weighted by atomic mass is 32.1. The molecule has 5 heteroatoms. The van der Waals surface area contributed by atoms with Gasteiger partial charge < -0.3 is 14.9 Å². The Morgan fingerprint density at radius 3 is 2.80 bits per heavy atom. The van der Waals surface area contributed by atoms with Crippen molar-refractivity contribution >= 4 is 17.5 Å². The normalized spacial score (nSPS) is 9.20. The molecule has 1 rings (SSSR count). The van der Waals surface area contributed by atoms with Gasteiger partial charge >= 0.3 is 6.16 Å². The molecule has 10 heavy (non-hydrogen) atoms. The van der Waals surface area contributed by atoms with Gasteiger partial charge in [0.1, 0.15) is 5.75 Å². The molecule has 1 aromatic rings. The fourth-order valence-corrected chi connectivity index (χ4v) is 1.06. The van der Waals surface area contributed by atoms with Crippen LogP contribution in [0.1, 0.15) is 0 Å². The van der Waals surface area contributed by atoms with Crippen molar-refractivity contribution in [1.82, 2.24) is 0 Å². The first kappa shape index (κ1) is 6.88. The SMILES string of the molecule is O=C(O)Oc1cc(O)cs1. The second kappa shape index (κ2) is 2.57. The molecule has 0 bridgehead atoms. The third kappa shape index (κ3) is 1.63. The molecule has 0 aliphatic heterocycles. The Morgan fingerprint density at radius 1 is 1.70 bits per heavy atom. The van der Waals surface area contributed by atoms with Crippen molar-refractivity contribution in [3.05, 3.63) is 11.4 Å². The Balaban J connectivity index is 2.67. The van der Waals surface area contributed by atoms with Gasteiger partial charge in [0.05, 0.1) is 0 Å². The van der Waals surface area contributed by atoms with Crippen molar-refractivity contribution in [2.24, 2.45) is 0 Å². The predicted octanol–water partition coefficient (Wildman–Crippen LogP) is 1.51. The molecule has 1 aromatic heterocycles. The Labute approximate surface area is 60.3 Å². The lowest BCUT2D eigenvalue weighted by Crippen LogP contribution is -2.00. The van der Waals surface area contributed by atoms with Crippen LogP contribution >= 0.6 is 11.3 Å². The minimum atomic E-state index is -1.37. The van der Waals surface area contributed by atoms with E-state index in [1.807, 2.05) is 0 Å². The van der Waals surface area contributed by atoms with Crippen LogP contribution < -0.4 is 4.74 Å². The summed E-state index contributed by atoms with van der Waals surface area (Å²) in [4.78, 5) is 9.88. The van der Waals surface area contributed by atoms with Crippen molar-refractivity contribution in [1.29, 1.82) is 0 Å². The fourth-order valence-electron chi connectivity index (χ4n) is 0.447. The fraction of sp³-hybridized carbons (Fsp3) is 0. The maximum Gasteiger partial charge on any atom is 0.512 e. The third-order valence-corrected chi connectivity index (χ3v) is 1.54. The van der Waals surface area contributed by atoms with Crippen molar-refractivity contribution in [3.8, 4) is 10.8 Å². The first-order valence-corrected chi connectivity index (χ1v) is 3.25. The highest BCUT2D eigenvalue weighted by Crippen LogP contribution is 2.26. The van der Waals surface area contributed by atoms with Gasteiger partial charge in [0.25, 0.3) is 0 Å². The average Bonchev–Trinajstić information content (AvgIpc) is 2.13. The molecule has 0 amide bonds. The van der Waals surface area contributed by atoms with Crippen molar-refractivity contribution in [2.45, 2.75) is 0 Å². The summed E-state index contributed by atoms with van der Waals surface area (Å²) in [5, 5.41) is 18.3. The van der Waals surface area contributed by atoms with E-state index in [9.17, 15) is 4.79 Å². The lowest BCUT2D eigenvalue weighted by molar-refractivity contribution is 0.146. The Morgan fingerprint density at radius 2 is 2.40 bits per heavy atom. The molecule has 0 aromatic carbocycles. The van der Waals surface area contributed by atoms with E-state index >= 15 is 0 Å². The molecular weight excluding hydrogens is 156 g/mol. The molecule has 0 spiro atoms. The minimum absolute atomic E-state index is 0.0150. The largest absolute Gasteiger partial charge is 0.512 e. The van der Waals surface area contributed by atoms with Gasteiger partial charge in [0.15, 0.2) is 5.06 Å². The molecule has 54 valence electrons. The second-order valence-corrected chi connectivity index (χ2v) is 2.37. The smallest absolute Gasteiger partial charge is 0.507 e. The topological polar surface area (TPSA) is 66.8 Å². The zero-order valence-corrected chi connectivity index (χ0v) is 5.59. The van der Waals surface area contributed by atoms with Gasteiger partial charge in [-0.05, 0) is 0 Å². The maximum absolute atomic E-state index is 9.88. The van der Waals surface area contributed by atoms with E-state index in [1.54, 1.807) is 0 Å². The Hall–Kier alpha value is -1.23. The van der Waals surface area contributed by atoms with Crippen LogP contribution in [0, 0.1) is 0 Å². The van der Waals surface area contributed by atoms with Gasteiger partial charge in [-0.3, -0.25) is 0 Å². The van der Waals surface area contributed by atoms with Crippen LogP contribution in [-0.4, -0.2) is 16.4 Å². The third-order valence-electron chi connectivity index (χ3n) is 0.749. The van der Waals surface area contributed by atoms with Gasteiger partial charge in [-0.1, -0.05) is 0 Å². The summed E-state index contributed by atoms with van der Waals surface area (Å²) < 4.78 is 4.21. The van der Waals surface area contributed by atoms with E-state index in [-0.39, 0.29) is 10.8 Å². The van der Waals surface area contributed by atoms with E-state index in [0.717, 1.165) is 11.3 Å². The Kier molecular flexibility index (Phi) is 1.77. The van der Waals surface area contributed by atoms with Gasteiger partial charge in [0, 0.05) is 11.4 Å². The molecule has 0 saturated carbocycles. The van der Waals surface area contributed by atoms with Gasteiger partial charge in [-0.15, -0.1) is 11.3 Å². The van der Waals surface area contributed by atoms with Crippen molar-refractivity contribution < 1.29 is 19.7 Å². The van der Waals surface area contributed by atoms with Crippen LogP contribution in [0.5, 0.6) is 10.8 Å². The first-order chi connectivity index (χ1) is 4.68. The molecule has 0 unspecified atom stereocenters. The molecule has 0 aliphatic rings. The molecule has 0 saturated heterocycles.